The van der Waals surface area contributed by atoms with Crippen molar-refractivity contribution in [1.82, 2.24) is 9.03 Å². The molecule has 1 heterocycles. The number of ether oxygens (including phenoxy) is 1. The summed E-state index contributed by atoms with van der Waals surface area (Å²) in [5.41, 5.74) is 0. The van der Waals surface area contributed by atoms with Crippen LogP contribution in [0.3, 0.4) is 0 Å². The Balaban J connectivity index is 2.02. The Labute approximate surface area is 121 Å². The first-order valence-electron chi connectivity index (χ1n) is 7.49. The van der Waals surface area contributed by atoms with E-state index < -0.39 is 10.2 Å². The minimum atomic E-state index is -3.46. The van der Waals surface area contributed by atoms with E-state index >= 15 is 0 Å². The molecule has 1 aliphatic heterocycles. The highest BCUT2D eigenvalue weighted by Gasteiger charge is 2.41. The van der Waals surface area contributed by atoms with Gasteiger partial charge in [0.1, 0.15) is 0 Å². The van der Waals surface area contributed by atoms with Crippen molar-refractivity contribution in [2.45, 2.75) is 50.7 Å². The predicted octanol–water partition coefficient (Wildman–Crippen LogP) is 0.483. The number of rotatable bonds is 6. The molecule has 7 heteroatoms. The van der Waals surface area contributed by atoms with Gasteiger partial charge in [-0.05, 0) is 25.7 Å². The molecule has 2 rings (SSSR count). The molecule has 1 saturated carbocycles. The van der Waals surface area contributed by atoms with Crippen molar-refractivity contribution in [3.8, 4) is 0 Å². The number of nitrogens with zero attached hydrogens (tertiary/aromatic N) is 1. The highest BCUT2D eigenvalue weighted by Crippen LogP contribution is 2.35. The van der Waals surface area contributed by atoms with Gasteiger partial charge in [0.15, 0.2) is 0 Å². The van der Waals surface area contributed by atoms with Crippen LogP contribution in [0.15, 0.2) is 0 Å². The maximum Gasteiger partial charge on any atom is 0.279 e. The second-order valence-electron chi connectivity index (χ2n) is 5.73. The minimum absolute atomic E-state index is 0.0506. The highest BCUT2D eigenvalue weighted by atomic mass is 32.2. The zero-order valence-corrected chi connectivity index (χ0v) is 12.9. The van der Waals surface area contributed by atoms with E-state index in [1.54, 1.807) is 11.4 Å². The number of aliphatic hydroxyl groups excluding tert-OH is 1. The summed E-state index contributed by atoms with van der Waals surface area (Å²) in [6.45, 7) is 1.20. The standard InChI is InChI=1S/C13H26N2O4S/c1-19-10-8-14-20(17,18)15-9-4-6-12(15)11-5-2-3-7-13(11)16/h11-14,16H,2-10H2,1H3. The van der Waals surface area contributed by atoms with Crippen molar-refractivity contribution in [3.63, 3.8) is 0 Å². The smallest absolute Gasteiger partial charge is 0.279 e. The van der Waals surface area contributed by atoms with Crippen molar-refractivity contribution < 1.29 is 18.3 Å². The second-order valence-corrected chi connectivity index (χ2v) is 7.44. The first-order chi connectivity index (χ1) is 9.56. The summed E-state index contributed by atoms with van der Waals surface area (Å²) >= 11 is 0. The first-order valence-corrected chi connectivity index (χ1v) is 8.93. The van der Waals surface area contributed by atoms with Crippen molar-refractivity contribution >= 4 is 10.2 Å². The molecule has 118 valence electrons. The lowest BCUT2D eigenvalue weighted by Gasteiger charge is -2.36. The van der Waals surface area contributed by atoms with Crippen LogP contribution < -0.4 is 4.72 Å². The number of methoxy groups -OCH3 is 1. The van der Waals surface area contributed by atoms with Gasteiger partial charge >= 0.3 is 0 Å². The van der Waals surface area contributed by atoms with E-state index in [2.05, 4.69) is 4.72 Å². The van der Waals surface area contributed by atoms with Gasteiger partial charge in [0.25, 0.3) is 10.2 Å². The normalized spacial score (nSPS) is 32.6. The fourth-order valence-corrected chi connectivity index (χ4v) is 4.93. The molecule has 1 aliphatic carbocycles. The van der Waals surface area contributed by atoms with E-state index in [1.807, 2.05) is 0 Å². The predicted molar refractivity (Wildman–Crippen MR) is 76.5 cm³/mol. The van der Waals surface area contributed by atoms with Crippen LogP contribution in [0.5, 0.6) is 0 Å². The fourth-order valence-electron chi connectivity index (χ4n) is 3.44. The topological polar surface area (TPSA) is 78.9 Å². The molecule has 2 N–H and O–H groups in total. The Morgan fingerprint density at radius 2 is 2.00 bits per heavy atom. The third-order valence-corrected chi connectivity index (χ3v) is 6.06. The van der Waals surface area contributed by atoms with Gasteiger partial charge in [-0.3, -0.25) is 0 Å². The van der Waals surface area contributed by atoms with Crippen LogP contribution >= 0.6 is 0 Å². The summed E-state index contributed by atoms with van der Waals surface area (Å²) < 4.78 is 33.7. The lowest BCUT2D eigenvalue weighted by Crippen LogP contribution is -2.49. The monoisotopic (exact) mass is 306 g/mol. The van der Waals surface area contributed by atoms with Crippen LogP contribution in [-0.2, 0) is 14.9 Å². The SMILES string of the molecule is COCCNS(=O)(=O)N1CCCC1C1CCCCC1O. The van der Waals surface area contributed by atoms with Crippen molar-refractivity contribution in [2.24, 2.45) is 5.92 Å². The molecule has 3 unspecified atom stereocenters. The maximum atomic E-state index is 12.3. The fraction of sp³-hybridized carbons (Fsp3) is 1.00. The zero-order valence-electron chi connectivity index (χ0n) is 12.1. The number of aliphatic hydroxyl groups is 1. The zero-order chi connectivity index (χ0) is 14.6. The molecular formula is C13H26N2O4S. The van der Waals surface area contributed by atoms with E-state index in [1.165, 1.54) is 0 Å². The Bertz CT molecular complexity index is 401. The Kier molecular flexibility index (Phi) is 5.80. The van der Waals surface area contributed by atoms with Crippen molar-refractivity contribution in [3.05, 3.63) is 0 Å². The van der Waals surface area contributed by atoms with Gasteiger partial charge in [-0.25, -0.2) is 0 Å². The van der Waals surface area contributed by atoms with Crippen molar-refractivity contribution in [2.75, 3.05) is 26.8 Å². The highest BCUT2D eigenvalue weighted by molar-refractivity contribution is 7.87. The molecule has 2 fully saturated rings. The Morgan fingerprint density at radius 1 is 1.25 bits per heavy atom. The van der Waals surface area contributed by atoms with Gasteiger partial charge in [0.05, 0.1) is 12.7 Å². The molecule has 0 spiro atoms. The largest absolute Gasteiger partial charge is 0.393 e. The van der Waals surface area contributed by atoms with Crippen LogP contribution in [0.4, 0.5) is 0 Å². The Morgan fingerprint density at radius 3 is 2.70 bits per heavy atom. The third-order valence-electron chi connectivity index (χ3n) is 4.42. The minimum Gasteiger partial charge on any atom is -0.393 e. The summed E-state index contributed by atoms with van der Waals surface area (Å²) in [7, 11) is -1.91. The van der Waals surface area contributed by atoms with Crippen LogP contribution in [-0.4, -0.2) is 56.8 Å². The van der Waals surface area contributed by atoms with Gasteiger partial charge < -0.3 is 9.84 Å². The van der Waals surface area contributed by atoms with Crippen LogP contribution in [0.1, 0.15) is 38.5 Å². The van der Waals surface area contributed by atoms with Crippen LogP contribution in [0, 0.1) is 5.92 Å². The van der Waals surface area contributed by atoms with Crippen LogP contribution in [0.2, 0.25) is 0 Å². The molecule has 2 aliphatic rings. The maximum absolute atomic E-state index is 12.3. The lowest BCUT2D eigenvalue weighted by molar-refractivity contribution is 0.0384. The van der Waals surface area contributed by atoms with E-state index in [4.69, 9.17) is 4.74 Å². The van der Waals surface area contributed by atoms with Gasteiger partial charge in [-0.2, -0.15) is 17.4 Å². The summed E-state index contributed by atoms with van der Waals surface area (Å²) in [5.74, 6) is 0.0882. The molecule has 0 amide bonds. The molecule has 0 aromatic heterocycles. The van der Waals surface area contributed by atoms with Gasteiger partial charge in [0.2, 0.25) is 0 Å². The van der Waals surface area contributed by atoms with E-state index in [9.17, 15) is 13.5 Å². The number of hydrogen-bond acceptors (Lipinski definition) is 4. The molecule has 0 aromatic rings. The average molecular weight is 306 g/mol. The molecule has 6 nitrogen and oxygen atoms in total. The number of hydrogen-bond donors (Lipinski definition) is 2. The summed E-state index contributed by atoms with van der Waals surface area (Å²) in [6.07, 6.45) is 5.23. The molecule has 0 bridgehead atoms. The summed E-state index contributed by atoms with van der Waals surface area (Å²) in [5, 5.41) is 10.2. The Hall–Kier alpha value is -0.210. The van der Waals surface area contributed by atoms with E-state index in [-0.39, 0.29) is 24.6 Å². The van der Waals surface area contributed by atoms with E-state index in [0.717, 1.165) is 38.5 Å². The first kappa shape index (κ1) is 16.2. The molecule has 0 radical (unpaired) electrons. The molecular weight excluding hydrogens is 280 g/mol. The van der Waals surface area contributed by atoms with Crippen molar-refractivity contribution in [1.29, 1.82) is 0 Å². The van der Waals surface area contributed by atoms with Gasteiger partial charge in [0, 0.05) is 32.2 Å². The lowest BCUT2D eigenvalue weighted by atomic mass is 9.81. The molecule has 20 heavy (non-hydrogen) atoms. The molecule has 0 aromatic carbocycles. The van der Waals surface area contributed by atoms with Gasteiger partial charge in [-0.15, -0.1) is 0 Å². The quantitative estimate of drug-likeness (QED) is 0.700. The molecule has 1 saturated heterocycles. The second kappa shape index (κ2) is 7.17. The molecule has 3 atom stereocenters. The summed E-state index contributed by atoms with van der Waals surface area (Å²) in [4.78, 5) is 0. The third kappa shape index (κ3) is 3.71. The summed E-state index contributed by atoms with van der Waals surface area (Å²) in [6, 6.07) is -0.0506. The van der Waals surface area contributed by atoms with Crippen LogP contribution in [0.25, 0.3) is 0 Å². The average Bonchev–Trinajstić information content (AvgIpc) is 2.89. The van der Waals surface area contributed by atoms with E-state index in [0.29, 0.717) is 13.2 Å². The number of nitrogens with one attached hydrogen (secondary N) is 1. The van der Waals surface area contributed by atoms with Gasteiger partial charge in [-0.1, -0.05) is 12.8 Å².